The fourth-order valence-corrected chi connectivity index (χ4v) is 3.17. The molecule has 23 heavy (non-hydrogen) atoms. The Kier molecular flexibility index (Phi) is 3.46. The van der Waals surface area contributed by atoms with E-state index in [-0.39, 0.29) is 12.1 Å². The third-order valence-corrected chi connectivity index (χ3v) is 4.39. The van der Waals surface area contributed by atoms with Crippen LogP contribution in [0.2, 0.25) is 0 Å². The van der Waals surface area contributed by atoms with Gasteiger partial charge in [-0.3, -0.25) is 0 Å². The predicted octanol–water partition coefficient (Wildman–Crippen LogP) is 2.61. The lowest BCUT2D eigenvalue weighted by atomic mass is 10.1. The van der Waals surface area contributed by atoms with E-state index in [2.05, 4.69) is 39.3 Å². The van der Waals surface area contributed by atoms with Gasteiger partial charge in [0.05, 0.1) is 11.6 Å². The molecule has 0 radical (unpaired) electrons. The van der Waals surface area contributed by atoms with Crippen LogP contribution in [-0.4, -0.2) is 32.2 Å². The molecule has 0 aliphatic carbocycles. The van der Waals surface area contributed by atoms with Crippen LogP contribution in [0.15, 0.2) is 36.9 Å². The minimum absolute atomic E-state index is 0.0650. The Balaban J connectivity index is 1.68. The minimum Gasteiger partial charge on any atom is -0.368 e. The highest BCUT2D eigenvalue weighted by Crippen LogP contribution is 2.31. The van der Waals surface area contributed by atoms with Gasteiger partial charge in [0.1, 0.15) is 24.1 Å². The zero-order valence-corrected chi connectivity index (χ0v) is 13.2. The molecule has 1 saturated heterocycles. The standard InChI is InChI=1S/C17H19N5O/c1-11-4-3-5-12-14(11)19-10-20-16(12)21-13-6-9-23-15(13)17-18-7-8-22(17)2/h3-5,7-8,10,13,15H,6,9H2,1-2H3,(H,19,20,21)/t13-,15-/m0/s1. The third-order valence-electron chi connectivity index (χ3n) is 4.39. The molecule has 3 heterocycles. The summed E-state index contributed by atoms with van der Waals surface area (Å²) in [4.78, 5) is 13.3. The summed E-state index contributed by atoms with van der Waals surface area (Å²) in [5, 5.41) is 4.59. The van der Waals surface area contributed by atoms with Gasteiger partial charge in [0, 0.05) is 31.4 Å². The van der Waals surface area contributed by atoms with Crippen molar-refractivity contribution in [3.8, 4) is 0 Å². The molecule has 1 N–H and O–H groups in total. The lowest BCUT2D eigenvalue weighted by Crippen LogP contribution is -2.25. The SMILES string of the molecule is Cc1cccc2c(N[C@H]3CCO[C@@H]3c3nccn3C)ncnc12. The molecule has 0 unspecified atom stereocenters. The Morgan fingerprint density at radius 2 is 2.17 bits per heavy atom. The smallest absolute Gasteiger partial charge is 0.139 e. The molecule has 1 aromatic carbocycles. The molecule has 6 heteroatoms. The lowest BCUT2D eigenvalue weighted by Gasteiger charge is -2.21. The van der Waals surface area contributed by atoms with Crippen LogP contribution in [0.4, 0.5) is 5.82 Å². The van der Waals surface area contributed by atoms with Crippen LogP contribution in [0, 0.1) is 6.92 Å². The second kappa shape index (κ2) is 5.62. The van der Waals surface area contributed by atoms with Crippen molar-refractivity contribution < 1.29 is 4.74 Å². The molecule has 0 saturated carbocycles. The topological polar surface area (TPSA) is 64.9 Å². The predicted molar refractivity (Wildman–Crippen MR) is 88.2 cm³/mol. The number of anilines is 1. The number of nitrogens with one attached hydrogen (secondary N) is 1. The van der Waals surface area contributed by atoms with Crippen LogP contribution < -0.4 is 5.32 Å². The molecular formula is C17H19N5O. The van der Waals surface area contributed by atoms with Crippen molar-refractivity contribution in [2.45, 2.75) is 25.5 Å². The number of para-hydroxylation sites is 1. The van der Waals surface area contributed by atoms with Crippen molar-refractivity contribution in [2.24, 2.45) is 7.05 Å². The second-order valence-corrected chi connectivity index (χ2v) is 5.92. The quantitative estimate of drug-likeness (QED) is 0.805. The van der Waals surface area contributed by atoms with E-state index >= 15 is 0 Å². The largest absolute Gasteiger partial charge is 0.368 e. The van der Waals surface area contributed by atoms with Gasteiger partial charge in [0.15, 0.2) is 0 Å². The number of rotatable bonds is 3. The molecule has 0 bridgehead atoms. The number of nitrogens with zero attached hydrogens (tertiary/aromatic N) is 4. The number of hydrogen-bond donors (Lipinski definition) is 1. The molecule has 6 nitrogen and oxygen atoms in total. The van der Waals surface area contributed by atoms with Gasteiger partial charge in [0.25, 0.3) is 0 Å². The second-order valence-electron chi connectivity index (χ2n) is 5.92. The van der Waals surface area contributed by atoms with Crippen molar-refractivity contribution in [2.75, 3.05) is 11.9 Å². The number of fused-ring (bicyclic) bond motifs is 1. The van der Waals surface area contributed by atoms with Crippen LogP contribution in [0.1, 0.15) is 23.9 Å². The van der Waals surface area contributed by atoms with Gasteiger partial charge >= 0.3 is 0 Å². The van der Waals surface area contributed by atoms with Gasteiger partial charge in [0.2, 0.25) is 0 Å². The van der Waals surface area contributed by atoms with Crippen molar-refractivity contribution in [1.82, 2.24) is 19.5 Å². The molecular weight excluding hydrogens is 290 g/mol. The summed E-state index contributed by atoms with van der Waals surface area (Å²) in [5.41, 5.74) is 2.13. The van der Waals surface area contributed by atoms with Crippen LogP contribution >= 0.6 is 0 Å². The highest BCUT2D eigenvalue weighted by Gasteiger charge is 2.33. The third kappa shape index (κ3) is 2.45. The maximum Gasteiger partial charge on any atom is 0.139 e. The highest BCUT2D eigenvalue weighted by molar-refractivity contribution is 5.90. The van der Waals surface area contributed by atoms with E-state index in [0.717, 1.165) is 41.1 Å². The lowest BCUT2D eigenvalue weighted by molar-refractivity contribution is 0.0983. The summed E-state index contributed by atoms with van der Waals surface area (Å²) < 4.78 is 7.92. The van der Waals surface area contributed by atoms with Crippen LogP contribution in [-0.2, 0) is 11.8 Å². The summed E-state index contributed by atoms with van der Waals surface area (Å²) in [6, 6.07) is 6.30. The van der Waals surface area contributed by atoms with E-state index in [9.17, 15) is 0 Å². The molecule has 118 valence electrons. The summed E-state index contributed by atoms with van der Waals surface area (Å²) in [6.07, 6.45) is 6.22. The zero-order chi connectivity index (χ0) is 15.8. The number of hydrogen-bond acceptors (Lipinski definition) is 5. The maximum absolute atomic E-state index is 5.91. The summed E-state index contributed by atoms with van der Waals surface area (Å²) in [5.74, 6) is 1.79. The van der Waals surface area contributed by atoms with Gasteiger partial charge in [-0.15, -0.1) is 0 Å². The molecule has 0 spiro atoms. The van der Waals surface area contributed by atoms with Crippen LogP contribution in [0.3, 0.4) is 0 Å². The van der Waals surface area contributed by atoms with E-state index < -0.39 is 0 Å². The van der Waals surface area contributed by atoms with Gasteiger partial charge in [-0.25, -0.2) is 15.0 Å². The number of imidazole rings is 1. The van der Waals surface area contributed by atoms with Crippen LogP contribution in [0.5, 0.6) is 0 Å². The first-order valence-electron chi connectivity index (χ1n) is 7.80. The molecule has 2 atom stereocenters. The Hall–Kier alpha value is -2.47. The van der Waals surface area contributed by atoms with Gasteiger partial charge < -0.3 is 14.6 Å². The Morgan fingerprint density at radius 1 is 1.26 bits per heavy atom. The molecule has 4 rings (SSSR count). The molecule has 1 fully saturated rings. The Bertz CT molecular complexity index is 844. The molecule has 2 aromatic heterocycles. The van der Waals surface area contributed by atoms with E-state index in [4.69, 9.17) is 4.74 Å². The van der Waals surface area contributed by atoms with Crippen molar-refractivity contribution in [3.05, 3.63) is 48.3 Å². The van der Waals surface area contributed by atoms with E-state index in [0.29, 0.717) is 0 Å². The number of ether oxygens (including phenoxy) is 1. The fraction of sp³-hybridized carbons (Fsp3) is 0.353. The van der Waals surface area contributed by atoms with Gasteiger partial charge in [-0.2, -0.15) is 0 Å². The zero-order valence-electron chi connectivity index (χ0n) is 13.2. The van der Waals surface area contributed by atoms with E-state index in [1.54, 1.807) is 12.5 Å². The summed E-state index contributed by atoms with van der Waals surface area (Å²) in [6.45, 7) is 2.78. The van der Waals surface area contributed by atoms with Gasteiger partial charge in [-0.05, 0) is 25.0 Å². The Labute approximate surface area is 134 Å². The summed E-state index contributed by atoms with van der Waals surface area (Å²) in [7, 11) is 1.99. The fourth-order valence-electron chi connectivity index (χ4n) is 3.17. The first-order chi connectivity index (χ1) is 11.2. The number of benzene rings is 1. The average Bonchev–Trinajstić information content (AvgIpc) is 3.17. The van der Waals surface area contributed by atoms with Crippen LogP contribution in [0.25, 0.3) is 10.9 Å². The number of aromatic nitrogens is 4. The van der Waals surface area contributed by atoms with E-state index in [1.165, 1.54) is 0 Å². The molecule has 1 aliphatic rings. The van der Waals surface area contributed by atoms with E-state index in [1.807, 2.05) is 23.9 Å². The summed E-state index contributed by atoms with van der Waals surface area (Å²) >= 11 is 0. The monoisotopic (exact) mass is 309 g/mol. The minimum atomic E-state index is -0.0650. The van der Waals surface area contributed by atoms with Gasteiger partial charge in [-0.1, -0.05) is 12.1 Å². The average molecular weight is 309 g/mol. The molecule has 0 amide bonds. The van der Waals surface area contributed by atoms with Crippen molar-refractivity contribution in [3.63, 3.8) is 0 Å². The first kappa shape index (κ1) is 14.1. The molecule has 3 aromatic rings. The van der Waals surface area contributed by atoms with Crippen molar-refractivity contribution in [1.29, 1.82) is 0 Å². The maximum atomic E-state index is 5.91. The Morgan fingerprint density at radius 3 is 3.00 bits per heavy atom. The normalized spacial score (nSPS) is 21.0. The highest BCUT2D eigenvalue weighted by atomic mass is 16.5. The van der Waals surface area contributed by atoms with Crippen molar-refractivity contribution >= 4 is 16.7 Å². The molecule has 1 aliphatic heterocycles. The first-order valence-corrected chi connectivity index (χ1v) is 7.80. The number of aryl methyl sites for hydroxylation is 2.